The van der Waals surface area contributed by atoms with Crippen molar-refractivity contribution < 1.29 is 19.1 Å². The van der Waals surface area contributed by atoms with Crippen LogP contribution in [0.5, 0.6) is 0 Å². The fraction of sp³-hybridized carbons (Fsp3) is 0.333. The highest BCUT2D eigenvalue weighted by Gasteiger charge is 2.52. The summed E-state index contributed by atoms with van der Waals surface area (Å²) in [6, 6.07) is 3.76. The number of halogens is 2. The first-order chi connectivity index (χ1) is 12.4. The lowest BCUT2D eigenvalue weighted by Gasteiger charge is -2.12. The number of pyridine rings is 2. The van der Waals surface area contributed by atoms with E-state index in [2.05, 4.69) is 46.6 Å². The van der Waals surface area contributed by atoms with E-state index in [9.17, 15) is 9.59 Å². The zero-order valence-corrected chi connectivity index (χ0v) is 17.5. The predicted molar refractivity (Wildman–Crippen MR) is 103 cm³/mol. The Morgan fingerprint density at radius 1 is 1.00 bits per heavy atom. The highest BCUT2D eigenvalue weighted by atomic mass is 79.9. The number of hydrogen-bond acceptors (Lipinski definition) is 6. The van der Waals surface area contributed by atoms with Crippen LogP contribution in [-0.4, -0.2) is 36.1 Å². The van der Waals surface area contributed by atoms with Gasteiger partial charge in [0.15, 0.2) is 0 Å². The summed E-state index contributed by atoms with van der Waals surface area (Å²) in [6.45, 7) is 0. The summed E-state index contributed by atoms with van der Waals surface area (Å²) in [5.74, 6) is -0.410. The van der Waals surface area contributed by atoms with Gasteiger partial charge in [0.25, 0.3) is 0 Å². The Balaban J connectivity index is 0.000000190. The molecule has 1 saturated carbocycles. The van der Waals surface area contributed by atoms with E-state index < -0.39 is 5.41 Å². The van der Waals surface area contributed by atoms with Crippen LogP contribution in [0.2, 0.25) is 0 Å². The van der Waals surface area contributed by atoms with Gasteiger partial charge in [-0.25, -0.2) is 0 Å². The van der Waals surface area contributed by atoms with E-state index in [0.717, 1.165) is 32.9 Å². The average Bonchev–Trinajstić information content (AvgIpc) is 3.43. The fourth-order valence-corrected chi connectivity index (χ4v) is 3.17. The minimum absolute atomic E-state index is 0.155. The molecule has 0 aliphatic heterocycles. The van der Waals surface area contributed by atoms with Crippen molar-refractivity contribution in [3.8, 4) is 0 Å². The summed E-state index contributed by atoms with van der Waals surface area (Å²) in [4.78, 5) is 30.3. The maximum Gasteiger partial charge on any atom is 0.316 e. The first-order valence-corrected chi connectivity index (χ1v) is 9.35. The topological polar surface area (TPSA) is 78.4 Å². The average molecular weight is 486 g/mol. The summed E-state index contributed by atoms with van der Waals surface area (Å²) >= 11 is 6.60. The van der Waals surface area contributed by atoms with Gasteiger partial charge in [-0.05, 0) is 68.0 Å². The third-order valence-electron chi connectivity index (χ3n) is 3.92. The van der Waals surface area contributed by atoms with Gasteiger partial charge in [0.1, 0.15) is 0 Å². The van der Waals surface area contributed by atoms with Crippen LogP contribution in [0.25, 0.3) is 0 Å². The molecule has 0 bridgehead atoms. The van der Waals surface area contributed by atoms with Crippen molar-refractivity contribution in [3.63, 3.8) is 0 Å². The van der Waals surface area contributed by atoms with Gasteiger partial charge in [0.2, 0.25) is 0 Å². The third kappa shape index (κ3) is 5.35. The molecule has 3 rings (SSSR count). The summed E-state index contributed by atoms with van der Waals surface area (Å²) in [7, 11) is 2.79. The first kappa shape index (κ1) is 20.5. The summed E-state index contributed by atoms with van der Waals surface area (Å²) in [6.07, 6.45) is 8.73. The van der Waals surface area contributed by atoms with Crippen molar-refractivity contribution in [1.29, 1.82) is 0 Å². The Morgan fingerprint density at radius 3 is 2.12 bits per heavy atom. The van der Waals surface area contributed by atoms with Crippen molar-refractivity contribution in [2.75, 3.05) is 14.2 Å². The fourth-order valence-electron chi connectivity index (χ4n) is 2.40. The largest absolute Gasteiger partial charge is 0.469 e. The van der Waals surface area contributed by atoms with Gasteiger partial charge in [-0.1, -0.05) is 0 Å². The molecule has 2 aromatic heterocycles. The lowest BCUT2D eigenvalue weighted by atomic mass is 9.98. The van der Waals surface area contributed by atoms with Gasteiger partial charge in [-0.15, -0.1) is 0 Å². The van der Waals surface area contributed by atoms with Crippen LogP contribution in [0.15, 0.2) is 45.9 Å². The van der Waals surface area contributed by atoms with Gasteiger partial charge in [0.05, 0.1) is 26.1 Å². The van der Waals surface area contributed by atoms with Crippen molar-refractivity contribution >= 4 is 43.8 Å². The summed E-state index contributed by atoms with van der Waals surface area (Å²) in [5.41, 5.74) is 1.38. The molecule has 0 radical (unpaired) electrons. The molecule has 26 heavy (non-hydrogen) atoms. The van der Waals surface area contributed by atoms with E-state index in [4.69, 9.17) is 4.74 Å². The molecule has 0 N–H and O–H groups in total. The quantitative estimate of drug-likeness (QED) is 0.615. The van der Waals surface area contributed by atoms with Gasteiger partial charge in [-0.3, -0.25) is 19.6 Å². The number of ether oxygens (including phenoxy) is 2. The molecular weight excluding hydrogens is 468 g/mol. The van der Waals surface area contributed by atoms with E-state index in [0.29, 0.717) is 0 Å². The van der Waals surface area contributed by atoms with Crippen LogP contribution < -0.4 is 0 Å². The van der Waals surface area contributed by atoms with Gasteiger partial charge in [0, 0.05) is 33.7 Å². The van der Waals surface area contributed by atoms with E-state index in [1.54, 1.807) is 24.8 Å². The van der Waals surface area contributed by atoms with Crippen LogP contribution >= 0.6 is 31.9 Å². The molecule has 1 aliphatic rings. The molecule has 2 aromatic rings. The Morgan fingerprint density at radius 2 is 1.62 bits per heavy atom. The number of nitrogens with zero attached hydrogens (tertiary/aromatic N) is 2. The van der Waals surface area contributed by atoms with E-state index >= 15 is 0 Å². The molecule has 1 aliphatic carbocycles. The number of hydrogen-bond donors (Lipinski definition) is 0. The number of rotatable bonds is 4. The molecule has 0 aromatic carbocycles. The molecule has 6 nitrogen and oxygen atoms in total. The highest BCUT2D eigenvalue weighted by Crippen LogP contribution is 2.49. The lowest BCUT2D eigenvalue weighted by molar-refractivity contribution is -0.143. The second-order valence-corrected chi connectivity index (χ2v) is 7.56. The SMILES string of the molecule is COC(=O)C1(c2cncc(Br)c2)CC1.COC(=O)Cc1cncc(Br)c1. The summed E-state index contributed by atoms with van der Waals surface area (Å²) < 4.78 is 11.1. The highest BCUT2D eigenvalue weighted by molar-refractivity contribution is 9.10. The molecule has 8 heteroatoms. The number of esters is 2. The molecule has 2 heterocycles. The van der Waals surface area contributed by atoms with Crippen LogP contribution in [0.1, 0.15) is 24.0 Å². The maximum atomic E-state index is 11.5. The number of carbonyl (C=O) groups excluding carboxylic acids is 2. The third-order valence-corrected chi connectivity index (χ3v) is 4.79. The molecule has 0 unspecified atom stereocenters. The predicted octanol–water partition coefficient (Wildman–Crippen LogP) is 3.61. The van der Waals surface area contributed by atoms with Crippen molar-refractivity contribution in [2.45, 2.75) is 24.7 Å². The van der Waals surface area contributed by atoms with Crippen LogP contribution in [0.3, 0.4) is 0 Å². The summed E-state index contributed by atoms with van der Waals surface area (Å²) in [5, 5.41) is 0. The standard InChI is InChI=1S/C10H10BrNO2.C8H8BrNO2/c1-14-9(13)10(2-3-10)7-4-8(11)6-12-5-7;1-12-8(11)3-6-2-7(9)5-10-4-6/h4-6H,2-3H2,1H3;2,4-5H,3H2,1H3. The number of aromatic nitrogens is 2. The molecular formula is C18H18Br2N2O4. The first-order valence-electron chi connectivity index (χ1n) is 7.77. The van der Waals surface area contributed by atoms with Gasteiger partial charge in [-0.2, -0.15) is 0 Å². The number of methoxy groups -OCH3 is 2. The van der Waals surface area contributed by atoms with Crippen molar-refractivity contribution in [3.05, 3.63) is 57.0 Å². The maximum absolute atomic E-state index is 11.5. The van der Waals surface area contributed by atoms with Gasteiger partial charge < -0.3 is 9.47 Å². The zero-order valence-electron chi connectivity index (χ0n) is 14.4. The van der Waals surface area contributed by atoms with Crippen molar-refractivity contribution in [2.24, 2.45) is 0 Å². The van der Waals surface area contributed by atoms with Crippen molar-refractivity contribution in [1.82, 2.24) is 9.97 Å². The molecule has 0 saturated heterocycles. The van der Waals surface area contributed by atoms with Gasteiger partial charge >= 0.3 is 11.9 Å². The molecule has 0 atom stereocenters. The Labute approximate surface area is 168 Å². The monoisotopic (exact) mass is 484 g/mol. The Bertz CT molecular complexity index is 794. The Hall–Kier alpha value is -1.80. The molecule has 0 spiro atoms. The lowest BCUT2D eigenvalue weighted by Crippen LogP contribution is -2.21. The zero-order chi connectivity index (χ0) is 19.2. The van der Waals surface area contributed by atoms with Crippen LogP contribution in [0.4, 0.5) is 0 Å². The number of carbonyl (C=O) groups is 2. The Kier molecular flexibility index (Phi) is 7.28. The smallest absolute Gasteiger partial charge is 0.316 e. The molecule has 1 fully saturated rings. The van der Waals surface area contributed by atoms with E-state index in [1.165, 1.54) is 14.2 Å². The van der Waals surface area contributed by atoms with E-state index in [1.807, 2.05) is 12.1 Å². The second-order valence-electron chi connectivity index (χ2n) is 5.73. The minimum Gasteiger partial charge on any atom is -0.469 e. The molecule has 138 valence electrons. The molecule has 0 amide bonds. The minimum atomic E-state index is -0.411. The van der Waals surface area contributed by atoms with Crippen LogP contribution in [-0.2, 0) is 30.9 Å². The van der Waals surface area contributed by atoms with Crippen LogP contribution in [0, 0.1) is 0 Å². The second kappa shape index (κ2) is 9.23. The normalized spacial score (nSPS) is 13.8. The van der Waals surface area contributed by atoms with E-state index in [-0.39, 0.29) is 18.4 Å².